The van der Waals surface area contributed by atoms with Gasteiger partial charge in [0, 0.05) is 28.3 Å². The molecule has 0 bridgehead atoms. The van der Waals surface area contributed by atoms with E-state index < -0.39 is 0 Å². The highest BCUT2D eigenvalue weighted by Gasteiger charge is 2.37. The van der Waals surface area contributed by atoms with E-state index in [2.05, 4.69) is 28.5 Å². The molecular weight excluding hydrogens is 430 g/mol. The van der Waals surface area contributed by atoms with Crippen LogP contribution in [0.4, 0.5) is 17.1 Å². The van der Waals surface area contributed by atoms with Crippen LogP contribution in [-0.4, -0.2) is 18.2 Å². The number of fused-ring (bicyclic) bond motifs is 1. The maximum atomic E-state index is 13.3. The zero-order valence-electron chi connectivity index (χ0n) is 18.9. The molecule has 5 nitrogen and oxygen atoms in total. The molecule has 2 aromatic carbocycles. The summed E-state index contributed by atoms with van der Waals surface area (Å²) in [4.78, 5) is 29.6. The van der Waals surface area contributed by atoms with Crippen molar-refractivity contribution in [1.82, 2.24) is 0 Å². The van der Waals surface area contributed by atoms with E-state index in [4.69, 9.17) is 0 Å². The van der Waals surface area contributed by atoms with E-state index in [1.807, 2.05) is 60.8 Å². The fraction of sp³-hybridized carbons (Fsp3) is 0.259. The van der Waals surface area contributed by atoms with Crippen molar-refractivity contribution in [3.8, 4) is 0 Å². The van der Waals surface area contributed by atoms with Gasteiger partial charge in [0.1, 0.15) is 0 Å². The lowest BCUT2D eigenvalue weighted by Crippen LogP contribution is -2.38. The third-order valence-electron chi connectivity index (χ3n) is 6.46. The molecule has 0 radical (unpaired) electrons. The molecule has 33 heavy (non-hydrogen) atoms. The summed E-state index contributed by atoms with van der Waals surface area (Å²) in [7, 11) is 0. The van der Waals surface area contributed by atoms with Crippen molar-refractivity contribution in [1.29, 1.82) is 0 Å². The molecule has 2 aliphatic rings. The van der Waals surface area contributed by atoms with E-state index in [9.17, 15) is 9.59 Å². The highest BCUT2D eigenvalue weighted by atomic mass is 32.1. The third kappa shape index (κ3) is 4.18. The van der Waals surface area contributed by atoms with Crippen LogP contribution in [0.15, 0.2) is 71.2 Å². The Morgan fingerprint density at radius 1 is 1.09 bits per heavy atom. The largest absolute Gasteiger partial charge is 0.357 e. The minimum absolute atomic E-state index is 0.109. The summed E-state index contributed by atoms with van der Waals surface area (Å²) < 4.78 is 0. The Morgan fingerprint density at radius 2 is 1.94 bits per heavy atom. The van der Waals surface area contributed by atoms with Crippen LogP contribution in [0.3, 0.4) is 0 Å². The Hall–Kier alpha value is -3.38. The van der Waals surface area contributed by atoms with Gasteiger partial charge in [-0.1, -0.05) is 24.3 Å². The Bertz CT molecular complexity index is 1250. The van der Waals surface area contributed by atoms with Crippen LogP contribution in [0.2, 0.25) is 0 Å². The van der Waals surface area contributed by atoms with Crippen LogP contribution in [0.25, 0.3) is 0 Å². The molecule has 2 N–H and O–H groups in total. The molecule has 1 aliphatic heterocycles. The molecule has 1 aliphatic carbocycles. The number of allylic oxidation sites excluding steroid dienone is 1. The quantitative estimate of drug-likeness (QED) is 0.506. The monoisotopic (exact) mass is 457 g/mol. The normalized spacial score (nSPS) is 17.7. The standard InChI is InChI=1S/C27H27N3O2S/c1-17-12-13-19(15-18(17)2)28-25(32)16-30-22-9-4-3-7-20(22)29-21-8-5-10-23(31)26(21)27(30)24-11-6-14-33-24/h3-4,6-7,9,11-15,27,29H,5,8,10,16H2,1-2H3,(H,28,32)/t27-/m1/s1. The van der Waals surface area contributed by atoms with Gasteiger partial charge >= 0.3 is 0 Å². The Balaban J connectivity index is 1.56. The number of thiophene rings is 1. The second kappa shape index (κ2) is 8.87. The van der Waals surface area contributed by atoms with Crippen molar-refractivity contribution in [2.24, 2.45) is 0 Å². The first kappa shape index (κ1) is 21.5. The second-order valence-corrected chi connectivity index (χ2v) is 9.68. The number of anilines is 3. The molecule has 6 heteroatoms. The van der Waals surface area contributed by atoms with Crippen molar-refractivity contribution >= 4 is 40.1 Å². The van der Waals surface area contributed by atoms with Crippen LogP contribution < -0.4 is 15.5 Å². The topological polar surface area (TPSA) is 61.4 Å². The number of hydrogen-bond acceptors (Lipinski definition) is 5. The van der Waals surface area contributed by atoms with Gasteiger partial charge in [0.05, 0.1) is 24.0 Å². The number of rotatable bonds is 4. The number of carbonyl (C=O) groups excluding carboxylic acids is 2. The zero-order chi connectivity index (χ0) is 22.9. The predicted octanol–water partition coefficient (Wildman–Crippen LogP) is 5.98. The SMILES string of the molecule is Cc1ccc(NC(=O)CN2c3ccccc3NC3=C(C(=O)CCC3)[C@H]2c2cccs2)cc1C. The van der Waals surface area contributed by atoms with Crippen molar-refractivity contribution in [2.45, 2.75) is 39.2 Å². The Kier molecular flexibility index (Phi) is 5.77. The van der Waals surface area contributed by atoms with Gasteiger partial charge in [-0.05, 0) is 73.5 Å². The summed E-state index contributed by atoms with van der Waals surface area (Å²) in [5.41, 5.74) is 6.73. The fourth-order valence-electron chi connectivity index (χ4n) is 4.69. The Morgan fingerprint density at radius 3 is 2.73 bits per heavy atom. The minimum atomic E-state index is -0.297. The molecule has 0 spiro atoms. The average Bonchev–Trinajstić information content (AvgIpc) is 3.28. The van der Waals surface area contributed by atoms with Gasteiger partial charge in [-0.15, -0.1) is 11.3 Å². The number of nitrogens with one attached hydrogen (secondary N) is 2. The maximum Gasteiger partial charge on any atom is 0.243 e. The number of nitrogens with zero attached hydrogens (tertiary/aromatic N) is 1. The lowest BCUT2D eigenvalue weighted by Gasteiger charge is -2.34. The number of hydrogen-bond donors (Lipinski definition) is 2. The molecule has 0 fully saturated rings. The van der Waals surface area contributed by atoms with Gasteiger partial charge in [-0.2, -0.15) is 0 Å². The molecule has 0 saturated carbocycles. The molecule has 168 valence electrons. The molecular formula is C27H27N3O2S. The summed E-state index contributed by atoms with van der Waals surface area (Å²) in [5.74, 6) is 0.0523. The van der Waals surface area contributed by atoms with Gasteiger partial charge in [-0.3, -0.25) is 9.59 Å². The van der Waals surface area contributed by atoms with Crippen LogP contribution in [-0.2, 0) is 9.59 Å². The number of aryl methyl sites for hydroxylation is 2. The number of Topliss-reactive ketones (excluding diaryl/α,β-unsaturated/α-hetero) is 1. The summed E-state index contributed by atoms with van der Waals surface area (Å²) >= 11 is 1.62. The molecule has 2 heterocycles. The summed E-state index contributed by atoms with van der Waals surface area (Å²) in [6.45, 7) is 4.23. The van der Waals surface area contributed by atoms with Crippen LogP contribution in [0.1, 0.15) is 41.3 Å². The number of amides is 1. The first-order chi connectivity index (χ1) is 16.0. The van der Waals surface area contributed by atoms with Crippen molar-refractivity contribution < 1.29 is 9.59 Å². The number of ketones is 1. The van der Waals surface area contributed by atoms with Gasteiger partial charge < -0.3 is 15.5 Å². The van der Waals surface area contributed by atoms with E-state index in [-0.39, 0.29) is 24.3 Å². The first-order valence-corrected chi connectivity index (χ1v) is 12.2. The number of benzene rings is 2. The van der Waals surface area contributed by atoms with Crippen LogP contribution in [0.5, 0.6) is 0 Å². The van der Waals surface area contributed by atoms with E-state index in [0.717, 1.165) is 51.6 Å². The maximum absolute atomic E-state index is 13.3. The van der Waals surface area contributed by atoms with E-state index in [1.54, 1.807) is 11.3 Å². The fourth-order valence-corrected chi connectivity index (χ4v) is 5.54. The zero-order valence-corrected chi connectivity index (χ0v) is 19.7. The summed E-state index contributed by atoms with van der Waals surface area (Å²) in [6, 6.07) is 17.7. The van der Waals surface area contributed by atoms with Gasteiger partial charge in [0.25, 0.3) is 0 Å². The average molecular weight is 458 g/mol. The molecule has 3 aromatic rings. The second-order valence-electron chi connectivity index (χ2n) is 8.70. The number of carbonyl (C=O) groups is 2. The Labute approximate surface area is 198 Å². The summed E-state index contributed by atoms with van der Waals surface area (Å²) in [5, 5.41) is 8.63. The molecule has 0 saturated heterocycles. The highest BCUT2D eigenvalue weighted by Crippen LogP contribution is 2.45. The minimum Gasteiger partial charge on any atom is -0.357 e. The molecule has 5 rings (SSSR count). The first-order valence-electron chi connectivity index (χ1n) is 11.3. The van der Waals surface area contributed by atoms with Gasteiger partial charge in [0.15, 0.2) is 5.78 Å². The van der Waals surface area contributed by atoms with E-state index in [1.165, 1.54) is 5.56 Å². The summed E-state index contributed by atoms with van der Waals surface area (Å²) in [6.07, 6.45) is 2.22. The molecule has 1 amide bonds. The number of para-hydroxylation sites is 2. The van der Waals surface area contributed by atoms with Gasteiger partial charge in [-0.25, -0.2) is 0 Å². The molecule has 1 atom stereocenters. The smallest absolute Gasteiger partial charge is 0.243 e. The van der Waals surface area contributed by atoms with Crippen LogP contribution >= 0.6 is 11.3 Å². The third-order valence-corrected chi connectivity index (χ3v) is 7.38. The molecule has 0 unspecified atom stereocenters. The van der Waals surface area contributed by atoms with Crippen molar-refractivity contribution in [3.05, 3.63) is 87.3 Å². The lowest BCUT2D eigenvalue weighted by molar-refractivity contribution is -0.117. The van der Waals surface area contributed by atoms with E-state index in [0.29, 0.717) is 6.42 Å². The molecule has 1 aromatic heterocycles. The lowest BCUT2D eigenvalue weighted by atomic mass is 9.88. The predicted molar refractivity (Wildman–Crippen MR) is 135 cm³/mol. The van der Waals surface area contributed by atoms with Crippen LogP contribution in [0, 0.1) is 13.8 Å². The highest BCUT2D eigenvalue weighted by molar-refractivity contribution is 7.10. The van der Waals surface area contributed by atoms with Crippen molar-refractivity contribution in [3.63, 3.8) is 0 Å². The van der Waals surface area contributed by atoms with Crippen molar-refractivity contribution in [2.75, 3.05) is 22.1 Å². The van der Waals surface area contributed by atoms with E-state index >= 15 is 0 Å². The van der Waals surface area contributed by atoms with Gasteiger partial charge in [0.2, 0.25) is 5.91 Å².